The van der Waals surface area contributed by atoms with Crippen molar-refractivity contribution in [3.05, 3.63) is 29.3 Å². The zero-order chi connectivity index (χ0) is 12.5. The number of benzene rings is 1. The molecule has 1 aliphatic rings. The summed E-state index contributed by atoms with van der Waals surface area (Å²) in [5, 5.41) is 6.55. The lowest BCUT2D eigenvalue weighted by molar-refractivity contribution is -0.124. The minimum atomic E-state index is -0.222. The van der Waals surface area contributed by atoms with E-state index in [4.69, 9.17) is 23.8 Å². The van der Waals surface area contributed by atoms with E-state index < -0.39 is 0 Å². The summed E-state index contributed by atoms with van der Waals surface area (Å²) < 4.78 is 0. The Balaban J connectivity index is 1.91. The van der Waals surface area contributed by atoms with Gasteiger partial charge in [0.2, 0.25) is 5.91 Å². The molecule has 1 aliphatic carbocycles. The molecule has 5 heteroatoms. The molecule has 0 spiro atoms. The molecule has 0 heterocycles. The van der Waals surface area contributed by atoms with Crippen molar-refractivity contribution in [3.63, 3.8) is 0 Å². The Bertz CT molecular complexity index is 471. The second-order valence-electron chi connectivity index (χ2n) is 4.48. The summed E-state index contributed by atoms with van der Waals surface area (Å²) in [6.45, 7) is 1.93. The van der Waals surface area contributed by atoms with Crippen molar-refractivity contribution < 1.29 is 4.79 Å². The molecule has 3 nitrogen and oxygen atoms in total. The summed E-state index contributed by atoms with van der Waals surface area (Å²) in [7, 11) is 0. The van der Waals surface area contributed by atoms with Crippen LogP contribution in [0.4, 0.5) is 5.69 Å². The van der Waals surface area contributed by atoms with Gasteiger partial charge in [0.15, 0.2) is 5.11 Å². The molecule has 17 heavy (non-hydrogen) atoms. The molecule has 0 radical (unpaired) electrons. The highest BCUT2D eigenvalue weighted by Gasteiger charge is 2.45. The van der Waals surface area contributed by atoms with Gasteiger partial charge in [0, 0.05) is 16.1 Å². The monoisotopic (exact) mass is 268 g/mol. The zero-order valence-electron chi connectivity index (χ0n) is 9.42. The lowest BCUT2D eigenvalue weighted by atomic mass is 10.1. The molecule has 0 atom stereocenters. The van der Waals surface area contributed by atoms with Gasteiger partial charge in [0.25, 0.3) is 0 Å². The van der Waals surface area contributed by atoms with E-state index in [2.05, 4.69) is 10.6 Å². The van der Waals surface area contributed by atoms with E-state index in [1.54, 1.807) is 12.1 Å². The Morgan fingerprint density at radius 1 is 1.47 bits per heavy atom. The third kappa shape index (κ3) is 3.17. The maximum Gasteiger partial charge on any atom is 0.232 e. The maximum atomic E-state index is 11.7. The number of halogens is 1. The lowest BCUT2D eigenvalue weighted by Crippen LogP contribution is -2.38. The van der Waals surface area contributed by atoms with Crippen molar-refractivity contribution in [3.8, 4) is 0 Å². The Morgan fingerprint density at radius 2 is 2.18 bits per heavy atom. The molecule has 90 valence electrons. The number of anilines is 1. The Kier molecular flexibility index (Phi) is 3.35. The fourth-order valence-corrected chi connectivity index (χ4v) is 1.80. The number of hydrogen-bond donors (Lipinski definition) is 2. The van der Waals surface area contributed by atoms with Crippen LogP contribution < -0.4 is 10.6 Å². The van der Waals surface area contributed by atoms with Crippen molar-refractivity contribution >= 4 is 40.5 Å². The number of amides is 1. The summed E-state index contributed by atoms with van der Waals surface area (Å²) in [6, 6.07) is 7.18. The van der Waals surface area contributed by atoms with E-state index in [-0.39, 0.29) is 11.3 Å². The van der Waals surface area contributed by atoms with Crippen LogP contribution in [0.2, 0.25) is 5.02 Å². The third-order valence-electron chi connectivity index (χ3n) is 2.86. The van der Waals surface area contributed by atoms with Crippen molar-refractivity contribution in [1.82, 2.24) is 5.32 Å². The largest absolute Gasteiger partial charge is 0.332 e. The molecule has 0 bridgehead atoms. The summed E-state index contributed by atoms with van der Waals surface area (Å²) in [5.41, 5.74) is 0.545. The number of nitrogens with one attached hydrogen (secondary N) is 2. The van der Waals surface area contributed by atoms with Crippen LogP contribution in [0.15, 0.2) is 24.3 Å². The van der Waals surface area contributed by atoms with E-state index >= 15 is 0 Å². The number of hydrogen-bond acceptors (Lipinski definition) is 2. The molecule has 0 aliphatic heterocycles. The minimum Gasteiger partial charge on any atom is -0.332 e. The number of thiocarbonyl (C=S) groups is 1. The van der Waals surface area contributed by atoms with Gasteiger partial charge < -0.3 is 10.6 Å². The molecular weight excluding hydrogens is 256 g/mol. The first-order chi connectivity index (χ1) is 7.99. The van der Waals surface area contributed by atoms with Crippen LogP contribution in [0, 0.1) is 5.41 Å². The average molecular weight is 269 g/mol. The average Bonchev–Trinajstić information content (AvgIpc) is 2.97. The van der Waals surface area contributed by atoms with Gasteiger partial charge in [-0.3, -0.25) is 4.79 Å². The molecule has 2 rings (SSSR count). The summed E-state index contributed by atoms with van der Waals surface area (Å²) in [4.78, 5) is 11.7. The van der Waals surface area contributed by atoms with Gasteiger partial charge in [-0.25, -0.2) is 0 Å². The Hall–Kier alpha value is -1.13. The van der Waals surface area contributed by atoms with Gasteiger partial charge in [0.05, 0.1) is 0 Å². The quantitative estimate of drug-likeness (QED) is 0.811. The lowest BCUT2D eigenvalue weighted by Gasteiger charge is -2.12. The van der Waals surface area contributed by atoms with E-state index in [0.29, 0.717) is 10.1 Å². The normalized spacial score (nSPS) is 16.1. The molecule has 2 N–H and O–H groups in total. The molecule has 1 saturated carbocycles. The fourth-order valence-electron chi connectivity index (χ4n) is 1.40. The van der Waals surface area contributed by atoms with Crippen LogP contribution >= 0.6 is 23.8 Å². The van der Waals surface area contributed by atoms with E-state index in [1.807, 2.05) is 19.1 Å². The van der Waals surface area contributed by atoms with E-state index in [9.17, 15) is 4.79 Å². The van der Waals surface area contributed by atoms with Crippen LogP contribution in [-0.4, -0.2) is 11.0 Å². The van der Waals surface area contributed by atoms with Gasteiger partial charge in [-0.1, -0.05) is 24.6 Å². The Labute approximate surface area is 111 Å². The predicted octanol–water partition coefficient (Wildman–Crippen LogP) is 2.95. The fraction of sp³-hybridized carbons (Fsp3) is 0.333. The number of carbonyl (C=O) groups excluding carboxylic acids is 1. The van der Waals surface area contributed by atoms with Crippen LogP contribution in [-0.2, 0) is 4.79 Å². The molecular formula is C12H13ClN2OS. The van der Waals surface area contributed by atoms with Crippen molar-refractivity contribution in [1.29, 1.82) is 0 Å². The zero-order valence-corrected chi connectivity index (χ0v) is 11.0. The smallest absolute Gasteiger partial charge is 0.232 e. The topological polar surface area (TPSA) is 41.1 Å². The van der Waals surface area contributed by atoms with Gasteiger partial charge in [-0.05, 0) is 43.3 Å². The highest BCUT2D eigenvalue weighted by Crippen LogP contribution is 2.44. The number of rotatable bonds is 2. The SMILES string of the molecule is CC1(C(=O)NC(=S)Nc2cccc(Cl)c2)CC1. The predicted molar refractivity (Wildman–Crippen MR) is 73.2 cm³/mol. The molecule has 0 unspecified atom stereocenters. The van der Waals surface area contributed by atoms with Crippen molar-refractivity contribution in [2.45, 2.75) is 19.8 Å². The highest BCUT2D eigenvalue weighted by molar-refractivity contribution is 7.80. The second kappa shape index (κ2) is 4.63. The number of carbonyl (C=O) groups is 1. The Morgan fingerprint density at radius 3 is 2.76 bits per heavy atom. The van der Waals surface area contributed by atoms with Gasteiger partial charge in [-0.15, -0.1) is 0 Å². The van der Waals surface area contributed by atoms with Crippen LogP contribution in [0.1, 0.15) is 19.8 Å². The molecule has 1 fully saturated rings. The molecule has 0 saturated heterocycles. The molecule has 1 aromatic rings. The first kappa shape index (κ1) is 12.3. The van der Waals surface area contributed by atoms with Gasteiger partial charge >= 0.3 is 0 Å². The van der Waals surface area contributed by atoms with Crippen molar-refractivity contribution in [2.75, 3.05) is 5.32 Å². The van der Waals surface area contributed by atoms with Crippen LogP contribution in [0.25, 0.3) is 0 Å². The maximum absolute atomic E-state index is 11.7. The summed E-state index contributed by atoms with van der Waals surface area (Å²) >= 11 is 10.9. The van der Waals surface area contributed by atoms with Crippen LogP contribution in [0.3, 0.4) is 0 Å². The second-order valence-corrected chi connectivity index (χ2v) is 5.32. The van der Waals surface area contributed by atoms with E-state index in [0.717, 1.165) is 18.5 Å². The standard InChI is InChI=1S/C12H13ClN2OS/c1-12(5-6-12)10(16)15-11(17)14-9-4-2-3-8(13)7-9/h2-4,7H,5-6H2,1H3,(H2,14,15,16,17). The molecule has 0 aromatic heterocycles. The molecule has 1 amide bonds. The first-order valence-corrected chi connectivity index (χ1v) is 6.16. The van der Waals surface area contributed by atoms with Gasteiger partial charge in [0.1, 0.15) is 0 Å². The summed E-state index contributed by atoms with van der Waals surface area (Å²) in [5.74, 6) is -0.0166. The highest BCUT2D eigenvalue weighted by atomic mass is 35.5. The minimum absolute atomic E-state index is 0.0166. The van der Waals surface area contributed by atoms with E-state index in [1.165, 1.54) is 0 Å². The van der Waals surface area contributed by atoms with Crippen LogP contribution in [0.5, 0.6) is 0 Å². The van der Waals surface area contributed by atoms with Crippen molar-refractivity contribution in [2.24, 2.45) is 5.41 Å². The molecule has 1 aromatic carbocycles. The third-order valence-corrected chi connectivity index (χ3v) is 3.30. The summed E-state index contributed by atoms with van der Waals surface area (Å²) in [6.07, 6.45) is 1.86. The first-order valence-electron chi connectivity index (χ1n) is 5.38. The van der Waals surface area contributed by atoms with Gasteiger partial charge in [-0.2, -0.15) is 0 Å².